The molecular weight excluding hydrogens is 421 g/mol. The monoisotopic (exact) mass is 448 g/mol. The second kappa shape index (κ2) is 10.4. The quantitative estimate of drug-likeness (QED) is 0.274. The molecule has 2 heterocycles. The van der Waals surface area contributed by atoms with E-state index in [2.05, 4.69) is 20.9 Å². The summed E-state index contributed by atoms with van der Waals surface area (Å²) in [6.45, 7) is 2.39. The molecule has 0 unspecified atom stereocenters. The maximum absolute atomic E-state index is 13.5. The second-order valence-corrected chi connectivity index (χ2v) is 7.47. The van der Waals surface area contributed by atoms with E-state index >= 15 is 0 Å². The molecule has 1 aliphatic rings. The number of guanidine groups is 1. The number of nitrogens with two attached hydrogens (primary N) is 2. The van der Waals surface area contributed by atoms with Gasteiger partial charge in [-0.25, -0.2) is 9.88 Å². The van der Waals surface area contributed by atoms with Gasteiger partial charge in [0.05, 0.1) is 31.4 Å². The van der Waals surface area contributed by atoms with Crippen molar-refractivity contribution in [1.82, 2.24) is 9.88 Å². The van der Waals surface area contributed by atoms with Gasteiger partial charge in [0.2, 0.25) is 5.95 Å². The van der Waals surface area contributed by atoms with Gasteiger partial charge in [0, 0.05) is 54.9 Å². The minimum atomic E-state index is -0.571. The van der Waals surface area contributed by atoms with Gasteiger partial charge in [-0.2, -0.15) is 9.65 Å². The molecule has 1 aromatic carbocycles. The van der Waals surface area contributed by atoms with Gasteiger partial charge >= 0.3 is 5.96 Å². The Kier molecular flexibility index (Phi) is 7.35. The highest BCUT2D eigenvalue weighted by Crippen LogP contribution is 2.37. The van der Waals surface area contributed by atoms with Gasteiger partial charge < -0.3 is 10.6 Å². The summed E-state index contributed by atoms with van der Waals surface area (Å²) in [5.74, 6) is -0.0775. The Morgan fingerprint density at radius 1 is 1.30 bits per heavy atom. The van der Waals surface area contributed by atoms with Crippen molar-refractivity contribution >= 4 is 29.9 Å². The van der Waals surface area contributed by atoms with Gasteiger partial charge in [0.1, 0.15) is 12.4 Å². The number of halogens is 1. The highest BCUT2D eigenvalue weighted by Gasteiger charge is 2.26. The van der Waals surface area contributed by atoms with Gasteiger partial charge in [-0.15, -0.1) is 0 Å². The minimum absolute atomic E-state index is 0.422. The van der Waals surface area contributed by atoms with Gasteiger partial charge in [0.15, 0.2) is 0 Å². The molecule has 0 amide bonds. The lowest BCUT2D eigenvalue weighted by atomic mass is 9.94. The van der Waals surface area contributed by atoms with Crippen molar-refractivity contribution in [2.24, 2.45) is 16.5 Å². The number of rotatable bonds is 5. The first-order valence-corrected chi connectivity index (χ1v) is 10.3. The van der Waals surface area contributed by atoms with E-state index in [1.807, 2.05) is 10.6 Å². The van der Waals surface area contributed by atoms with Crippen LogP contribution in [0.2, 0.25) is 0 Å². The Morgan fingerprint density at radius 2 is 2.03 bits per heavy atom. The Balaban J connectivity index is 2.12. The molecule has 10 heteroatoms. The zero-order valence-electron chi connectivity index (χ0n) is 18.7. The second-order valence-electron chi connectivity index (χ2n) is 7.47. The fourth-order valence-corrected chi connectivity index (χ4v) is 3.73. The molecule has 170 valence electrons. The summed E-state index contributed by atoms with van der Waals surface area (Å²) < 4.78 is 15.4. The van der Waals surface area contributed by atoms with E-state index in [0.717, 1.165) is 11.9 Å². The van der Waals surface area contributed by atoms with Crippen LogP contribution in [0.1, 0.15) is 11.1 Å². The van der Waals surface area contributed by atoms with Crippen LogP contribution in [0.4, 0.5) is 10.1 Å². The molecule has 1 aromatic heterocycles. The maximum atomic E-state index is 13.5. The molecule has 0 bridgehead atoms. The van der Waals surface area contributed by atoms with E-state index in [4.69, 9.17) is 16.9 Å². The zero-order valence-corrected chi connectivity index (χ0v) is 18.7. The number of allylic oxidation sites excluding steroid dienone is 1. The van der Waals surface area contributed by atoms with Crippen LogP contribution < -0.4 is 16.4 Å². The predicted molar refractivity (Wildman–Crippen MR) is 129 cm³/mol. The number of aromatic nitrogens is 1. The average molecular weight is 449 g/mol. The number of hydrogen-bond acceptors (Lipinski definition) is 6. The average Bonchev–Trinajstić information content (AvgIpc) is 2.86. The third kappa shape index (κ3) is 4.98. The molecule has 0 spiro atoms. The van der Waals surface area contributed by atoms with Crippen molar-refractivity contribution in [1.29, 1.82) is 10.7 Å². The first-order valence-electron chi connectivity index (χ1n) is 10.3. The number of benzene rings is 1. The van der Waals surface area contributed by atoms with Crippen LogP contribution in [-0.2, 0) is 0 Å². The summed E-state index contributed by atoms with van der Waals surface area (Å²) in [5.41, 5.74) is 16.0. The van der Waals surface area contributed by atoms with Crippen molar-refractivity contribution in [3.63, 3.8) is 0 Å². The van der Waals surface area contributed by atoms with Crippen molar-refractivity contribution in [3.05, 3.63) is 53.6 Å². The molecule has 1 fully saturated rings. The minimum Gasteiger partial charge on any atom is -0.398 e. The highest BCUT2D eigenvalue weighted by molar-refractivity contribution is 5.91. The van der Waals surface area contributed by atoms with E-state index in [1.165, 1.54) is 12.3 Å². The SMILES string of the molecule is CN=CC=C(N)c1ccc(-c2ccc(F)nc2)c(N2CC[N+](=C(N)N(C)C=N)CC2)c1C#N. The summed E-state index contributed by atoms with van der Waals surface area (Å²) in [6.07, 6.45) is 5.84. The molecule has 0 radical (unpaired) electrons. The van der Waals surface area contributed by atoms with E-state index < -0.39 is 5.95 Å². The third-order valence-corrected chi connectivity index (χ3v) is 5.52. The molecule has 3 rings (SSSR count). The predicted octanol–water partition coefficient (Wildman–Crippen LogP) is 1.45. The van der Waals surface area contributed by atoms with Crippen molar-refractivity contribution in [3.8, 4) is 17.2 Å². The molecule has 33 heavy (non-hydrogen) atoms. The van der Waals surface area contributed by atoms with Crippen molar-refractivity contribution in [2.75, 3.05) is 45.2 Å². The van der Waals surface area contributed by atoms with Crippen LogP contribution in [0, 0.1) is 22.7 Å². The Morgan fingerprint density at radius 3 is 2.61 bits per heavy atom. The number of nitrogens with one attached hydrogen (secondary N) is 1. The third-order valence-electron chi connectivity index (χ3n) is 5.52. The van der Waals surface area contributed by atoms with Crippen LogP contribution in [0.15, 0.2) is 41.5 Å². The number of pyridine rings is 1. The number of anilines is 1. The van der Waals surface area contributed by atoms with Crippen LogP contribution in [0.3, 0.4) is 0 Å². The standard InChI is InChI=1S/C23H26FN9/c1-29-8-7-20(27)18-5-4-17(16-3-6-21(24)30-14-16)22(19(18)13-25)32-9-11-33(12-10-32)23(28)31(2)15-26/h3-8,14-15,26,28H,9-12H2,1-2H3,(H2,27,29)/p+1. The maximum Gasteiger partial charge on any atom is 0.351 e. The molecule has 0 saturated carbocycles. The Bertz CT molecular complexity index is 1150. The van der Waals surface area contributed by atoms with Gasteiger partial charge in [0.25, 0.3) is 0 Å². The molecule has 9 nitrogen and oxygen atoms in total. The lowest BCUT2D eigenvalue weighted by molar-refractivity contribution is -0.534. The molecular formula is C23H27FN9+. The fourth-order valence-electron chi connectivity index (χ4n) is 3.73. The Hall–Kier alpha value is -4.26. The highest BCUT2D eigenvalue weighted by atomic mass is 19.1. The van der Waals surface area contributed by atoms with Crippen LogP contribution in [-0.4, -0.2) is 73.2 Å². The number of nitriles is 1. The molecule has 2 aromatic rings. The first kappa shape index (κ1) is 23.4. The summed E-state index contributed by atoms with van der Waals surface area (Å²) in [7, 11) is 3.36. The lowest BCUT2D eigenvalue weighted by Gasteiger charge is -2.33. The van der Waals surface area contributed by atoms with Crippen molar-refractivity contribution in [2.45, 2.75) is 0 Å². The van der Waals surface area contributed by atoms with Gasteiger partial charge in [-0.1, -0.05) is 12.1 Å². The van der Waals surface area contributed by atoms with Gasteiger partial charge in [-0.3, -0.25) is 20.7 Å². The topological polar surface area (TPSA) is 134 Å². The largest absolute Gasteiger partial charge is 0.398 e. The summed E-state index contributed by atoms with van der Waals surface area (Å²) >= 11 is 0. The Labute approximate surface area is 192 Å². The number of nitrogens with zero attached hydrogens (tertiary/aromatic N) is 6. The normalized spacial score (nSPS) is 14.3. The molecule has 0 aliphatic carbocycles. The lowest BCUT2D eigenvalue weighted by Crippen LogP contribution is -2.50. The van der Waals surface area contributed by atoms with Crippen molar-refractivity contribution < 1.29 is 8.97 Å². The van der Waals surface area contributed by atoms with Crippen LogP contribution in [0.25, 0.3) is 16.8 Å². The smallest absolute Gasteiger partial charge is 0.351 e. The van der Waals surface area contributed by atoms with E-state index in [0.29, 0.717) is 60.2 Å². The number of hydrogen-bond donors (Lipinski definition) is 3. The van der Waals surface area contributed by atoms with Gasteiger partial charge in [-0.05, 0) is 18.2 Å². The van der Waals surface area contributed by atoms with E-state index in [9.17, 15) is 9.65 Å². The first-order chi connectivity index (χ1) is 15.9. The number of aliphatic imine (C=N–C) groups is 1. The van der Waals surface area contributed by atoms with E-state index in [1.54, 1.807) is 43.4 Å². The summed E-state index contributed by atoms with van der Waals surface area (Å²) in [5, 5.41) is 17.5. The summed E-state index contributed by atoms with van der Waals surface area (Å²) in [4.78, 5) is 11.4. The molecule has 1 aliphatic heterocycles. The molecule has 5 N–H and O–H groups in total. The summed E-state index contributed by atoms with van der Waals surface area (Å²) in [6, 6.07) is 8.92. The number of piperazine rings is 1. The zero-order chi connectivity index (χ0) is 24.0. The van der Waals surface area contributed by atoms with Crippen LogP contribution >= 0.6 is 0 Å². The van der Waals surface area contributed by atoms with E-state index in [-0.39, 0.29) is 0 Å². The van der Waals surface area contributed by atoms with Crippen LogP contribution in [0.5, 0.6) is 0 Å². The molecule has 0 atom stereocenters. The fraction of sp³-hybridized carbons (Fsp3) is 0.261. The molecule has 1 saturated heterocycles.